The minimum atomic E-state index is -4.75. The van der Waals surface area contributed by atoms with Gasteiger partial charge in [0.25, 0.3) is 0 Å². The molecule has 7 heteroatoms. The third kappa shape index (κ3) is 3.62. The molecular weight excluding hydrogens is 248 g/mol. The zero-order chi connectivity index (χ0) is 13.2. The van der Waals surface area contributed by atoms with Crippen LogP contribution in [0.1, 0.15) is 23.6 Å². The maximum atomic E-state index is 12.8. The molecule has 0 heterocycles. The van der Waals surface area contributed by atoms with E-state index in [0.29, 0.717) is 18.2 Å². The summed E-state index contributed by atoms with van der Waals surface area (Å²) < 4.78 is 74.4. The Bertz CT molecular complexity index is 387. The van der Waals surface area contributed by atoms with E-state index in [1.165, 1.54) is 0 Å². The first-order chi connectivity index (χ1) is 7.71. The van der Waals surface area contributed by atoms with Crippen molar-refractivity contribution in [3.8, 4) is 0 Å². The Morgan fingerprint density at radius 3 is 2.24 bits per heavy atom. The van der Waals surface area contributed by atoms with Crippen LogP contribution in [-0.2, 0) is 6.18 Å². The quantitative estimate of drug-likeness (QED) is 0.824. The Balaban J connectivity index is 3.15. The van der Waals surface area contributed by atoms with Gasteiger partial charge in [0.1, 0.15) is 5.82 Å². The van der Waals surface area contributed by atoms with Crippen LogP contribution < -0.4 is 5.73 Å². The number of hydrogen-bond donors (Lipinski definition) is 1. The Kier molecular flexibility index (Phi) is 4.03. The van der Waals surface area contributed by atoms with E-state index in [9.17, 15) is 26.3 Å². The molecule has 0 aliphatic rings. The first-order valence-electron chi connectivity index (χ1n) is 4.62. The van der Waals surface area contributed by atoms with Gasteiger partial charge in [-0.2, -0.15) is 13.2 Å². The van der Waals surface area contributed by atoms with Crippen LogP contribution >= 0.6 is 0 Å². The van der Waals surface area contributed by atoms with Gasteiger partial charge < -0.3 is 5.73 Å². The minimum Gasteiger partial charge on any atom is -0.324 e. The standard InChI is InChI=1S/C10H9F6N/c11-5-1-2-7(10(14,15)16)6(3-5)8(17)4-9(12)13/h1-3,8-9H,4,17H2/t8-/m0/s1. The molecule has 0 radical (unpaired) electrons. The van der Waals surface area contributed by atoms with E-state index in [4.69, 9.17) is 5.73 Å². The highest BCUT2D eigenvalue weighted by molar-refractivity contribution is 5.32. The molecule has 1 rings (SSSR count). The SMILES string of the molecule is N[C@@H](CC(F)F)c1cc(F)ccc1C(F)(F)F. The number of halogens is 6. The number of benzene rings is 1. The summed E-state index contributed by atoms with van der Waals surface area (Å²) in [7, 11) is 0. The summed E-state index contributed by atoms with van der Waals surface area (Å²) in [5, 5.41) is 0. The van der Waals surface area contributed by atoms with Gasteiger partial charge in [0, 0.05) is 12.5 Å². The molecule has 0 amide bonds. The lowest BCUT2D eigenvalue weighted by molar-refractivity contribution is -0.138. The van der Waals surface area contributed by atoms with Crippen molar-refractivity contribution < 1.29 is 26.3 Å². The lowest BCUT2D eigenvalue weighted by Crippen LogP contribution is -2.19. The summed E-state index contributed by atoms with van der Waals surface area (Å²) in [6, 6.07) is 0.0927. The average Bonchev–Trinajstić information content (AvgIpc) is 2.14. The highest BCUT2D eigenvalue weighted by atomic mass is 19.4. The number of rotatable bonds is 3. The molecule has 96 valence electrons. The summed E-state index contributed by atoms with van der Waals surface area (Å²) in [5.74, 6) is -0.947. The fourth-order valence-corrected chi connectivity index (χ4v) is 1.42. The van der Waals surface area contributed by atoms with Crippen LogP contribution in [0, 0.1) is 5.82 Å². The minimum absolute atomic E-state index is 0.496. The Hall–Kier alpha value is -1.24. The molecule has 0 bridgehead atoms. The van der Waals surface area contributed by atoms with Crippen LogP contribution in [0.4, 0.5) is 26.3 Å². The molecule has 1 atom stereocenters. The van der Waals surface area contributed by atoms with Crippen molar-refractivity contribution >= 4 is 0 Å². The summed E-state index contributed by atoms with van der Waals surface area (Å²) >= 11 is 0. The van der Waals surface area contributed by atoms with Gasteiger partial charge in [-0.25, -0.2) is 13.2 Å². The van der Waals surface area contributed by atoms with Crippen LogP contribution in [0.25, 0.3) is 0 Å². The van der Waals surface area contributed by atoms with Gasteiger partial charge in [-0.15, -0.1) is 0 Å². The fourth-order valence-electron chi connectivity index (χ4n) is 1.42. The highest BCUT2D eigenvalue weighted by Gasteiger charge is 2.35. The van der Waals surface area contributed by atoms with Crippen LogP contribution in [0.3, 0.4) is 0 Å². The molecule has 0 aliphatic carbocycles. The van der Waals surface area contributed by atoms with Gasteiger partial charge in [-0.05, 0) is 23.8 Å². The van der Waals surface area contributed by atoms with Crippen LogP contribution in [0.2, 0.25) is 0 Å². The number of alkyl halides is 5. The van der Waals surface area contributed by atoms with Crippen molar-refractivity contribution in [3.05, 3.63) is 35.1 Å². The largest absolute Gasteiger partial charge is 0.416 e. The normalized spacial score (nSPS) is 14.1. The zero-order valence-electron chi connectivity index (χ0n) is 8.44. The average molecular weight is 257 g/mol. The summed E-state index contributed by atoms with van der Waals surface area (Å²) in [4.78, 5) is 0. The van der Waals surface area contributed by atoms with Crippen LogP contribution in [0.5, 0.6) is 0 Å². The van der Waals surface area contributed by atoms with Crippen molar-refractivity contribution in [1.29, 1.82) is 0 Å². The molecule has 1 aromatic carbocycles. The van der Waals surface area contributed by atoms with Gasteiger partial charge in [0.2, 0.25) is 6.43 Å². The van der Waals surface area contributed by atoms with Crippen LogP contribution in [0.15, 0.2) is 18.2 Å². The van der Waals surface area contributed by atoms with Crippen LogP contribution in [-0.4, -0.2) is 6.43 Å². The first-order valence-corrected chi connectivity index (χ1v) is 4.62. The Morgan fingerprint density at radius 1 is 1.18 bits per heavy atom. The predicted octanol–water partition coefficient (Wildman–Crippen LogP) is 3.50. The molecular formula is C10H9F6N. The first kappa shape index (κ1) is 13.8. The molecule has 17 heavy (non-hydrogen) atoms. The molecule has 0 spiro atoms. The Labute approximate surface area is 93.2 Å². The molecule has 0 saturated carbocycles. The molecule has 1 nitrogen and oxygen atoms in total. The molecule has 0 fully saturated rings. The van der Waals surface area contributed by atoms with E-state index in [0.717, 1.165) is 0 Å². The van der Waals surface area contributed by atoms with E-state index in [1.54, 1.807) is 0 Å². The maximum Gasteiger partial charge on any atom is 0.416 e. The Morgan fingerprint density at radius 2 is 1.76 bits per heavy atom. The van der Waals surface area contributed by atoms with Crippen molar-refractivity contribution in [2.75, 3.05) is 0 Å². The second-order valence-corrected chi connectivity index (χ2v) is 3.46. The number of nitrogens with two attached hydrogens (primary N) is 1. The predicted molar refractivity (Wildman–Crippen MR) is 49.0 cm³/mol. The highest BCUT2D eigenvalue weighted by Crippen LogP contribution is 2.35. The van der Waals surface area contributed by atoms with E-state index in [-0.39, 0.29) is 0 Å². The summed E-state index contributed by atoms with van der Waals surface area (Å²) in [6.45, 7) is 0. The lowest BCUT2D eigenvalue weighted by Gasteiger charge is -2.18. The third-order valence-corrected chi connectivity index (χ3v) is 2.15. The van der Waals surface area contributed by atoms with Gasteiger partial charge >= 0.3 is 6.18 Å². The molecule has 2 N–H and O–H groups in total. The van der Waals surface area contributed by atoms with Crippen molar-refractivity contribution in [1.82, 2.24) is 0 Å². The van der Waals surface area contributed by atoms with E-state index < -0.39 is 42.0 Å². The summed E-state index contributed by atoms with van der Waals surface area (Å²) in [5.41, 5.74) is 3.37. The van der Waals surface area contributed by atoms with Gasteiger partial charge in [0.05, 0.1) is 5.56 Å². The molecule has 0 saturated heterocycles. The maximum absolute atomic E-state index is 12.8. The third-order valence-electron chi connectivity index (χ3n) is 2.15. The van der Waals surface area contributed by atoms with E-state index in [1.807, 2.05) is 0 Å². The second kappa shape index (κ2) is 4.95. The topological polar surface area (TPSA) is 26.0 Å². The van der Waals surface area contributed by atoms with Gasteiger partial charge in [-0.3, -0.25) is 0 Å². The molecule has 0 aliphatic heterocycles. The second-order valence-electron chi connectivity index (χ2n) is 3.46. The smallest absolute Gasteiger partial charge is 0.324 e. The summed E-state index contributed by atoms with van der Waals surface area (Å²) in [6.07, 6.45) is -8.55. The van der Waals surface area contributed by atoms with Crippen molar-refractivity contribution in [3.63, 3.8) is 0 Å². The van der Waals surface area contributed by atoms with Crippen molar-refractivity contribution in [2.24, 2.45) is 5.73 Å². The zero-order valence-corrected chi connectivity index (χ0v) is 8.44. The van der Waals surface area contributed by atoms with E-state index >= 15 is 0 Å². The van der Waals surface area contributed by atoms with Crippen molar-refractivity contribution in [2.45, 2.75) is 25.1 Å². The monoisotopic (exact) mass is 257 g/mol. The molecule has 0 aromatic heterocycles. The van der Waals surface area contributed by atoms with Gasteiger partial charge in [0.15, 0.2) is 0 Å². The van der Waals surface area contributed by atoms with E-state index in [2.05, 4.69) is 0 Å². The molecule has 1 aromatic rings. The fraction of sp³-hybridized carbons (Fsp3) is 0.400. The molecule has 0 unspecified atom stereocenters. The van der Waals surface area contributed by atoms with Gasteiger partial charge in [-0.1, -0.05) is 0 Å². The lowest BCUT2D eigenvalue weighted by atomic mass is 9.98. The number of hydrogen-bond acceptors (Lipinski definition) is 1.